The Morgan fingerprint density at radius 2 is 1.50 bits per heavy atom. The summed E-state index contributed by atoms with van der Waals surface area (Å²) in [5.41, 5.74) is 4.65. The molecule has 0 aliphatic heterocycles. The molecule has 0 amide bonds. The fraction of sp³-hybridized carbons (Fsp3) is 0.143. The summed E-state index contributed by atoms with van der Waals surface area (Å²) >= 11 is 3.50. The SMILES string of the molecule is Cc1c(Br)ccc(-c2ccc(F)cc2)c1C. The van der Waals surface area contributed by atoms with Crippen molar-refractivity contribution in [2.45, 2.75) is 13.8 Å². The molecule has 16 heavy (non-hydrogen) atoms. The van der Waals surface area contributed by atoms with E-state index in [2.05, 4.69) is 35.8 Å². The van der Waals surface area contributed by atoms with Gasteiger partial charge in [-0.2, -0.15) is 0 Å². The fourth-order valence-corrected chi connectivity index (χ4v) is 2.16. The minimum Gasteiger partial charge on any atom is -0.207 e. The molecule has 0 spiro atoms. The summed E-state index contributed by atoms with van der Waals surface area (Å²) < 4.78 is 13.9. The van der Waals surface area contributed by atoms with Crippen molar-refractivity contribution in [3.63, 3.8) is 0 Å². The minimum atomic E-state index is -0.199. The largest absolute Gasteiger partial charge is 0.207 e. The Bertz CT molecular complexity index is 515. The first kappa shape index (κ1) is 11.3. The second kappa shape index (κ2) is 4.38. The molecule has 2 rings (SSSR count). The third-order valence-corrected chi connectivity index (χ3v) is 3.74. The summed E-state index contributed by atoms with van der Waals surface area (Å²) in [5.74, 6) is -0.199. The van der Waals surface area contributed by atoms with Crippen LogP contribution in [0.2, 0.25) is 0 Å². The zero-order valence-electron chi connectivity index (χ0n) is 9.22. The molecule has 2 aromatic rings. The summed E-state index contributed by atoms with van der Waals surface area (Å²) in [6.45, 7) is 4.16. The van der Waals surface area contributed by atoms with E-state index >= 15 is 0 Å². The summed E-state index contributed by atoms with van der Waals surface area (Å²) in [4.78, 5) is 0. The first-order chi connectivity index (χ1) is 7.59. The van der Waals surface area contributed by atoms with Crippen LogP contribution in [0.3, 0.4) is 0 Å². The average Bonchev–Trinajstić information content (AvgIpc) is 2.28. The van der Waals surface area contributed by atoms with E-state index in [1.54, 1.807) is 0 Å². The van der Waals surface area contributed by atoms with Crippen molar-refractivity contribution in [2.24, 2.45) is 0 Å². The lowest BCUT2D eigenvalue weighted by molar-refractivity contribution is 0.628. The molecule has 0 atom stereocenters. The first-order valence-corrected chi connectivity index (χ1v) is 5.90. The maximum absolute atomic E-state index is 12.8. The summed E-state index contributed by atoms with van der Waals surface area (Å²) in [6.07, 6.45) is 0. The van der Waals surface area contributed by atoms with Gasteiger partial charge in [-0.05, 0) is 54.3 Å². The van der Waals surface area contributed by atoms with Gasteiger partial charge in [0.05, 0.1) is 0 Å². The van der Waals surface area contributed by atoms with Crippen LogP contribution in [0.25, 0.3) is 11.1 Å². The van der Waals surface area contributed by atoms with Crippen LogP contribution in [0.1, 0.15) is 11.1 Å². The lowest BCUT2D eigenvalue weighted by Crippen LogP contribution is -1.88. The predicted octanol–water partition coefficient (Wildman–Crippen LogP) is 4.87. The van der Waals surface area contributed by atoms with E-state index in [0.29, 0.717) is 0 Å². The molecule has 0 saturated heterocycles. The molecule has 0 aromatic heterocycles. The Balaban J connectivity index is 2.57. The third-order valence-electron chi connectivity index (χ3n) is 2.88. The highest BCUT2D eigenvalue weighted by atomic mass is 79.9. The van der Waals surface area contributed by atoms with E-state index in [-0.39, 0.29) is 5.82 Å². The van der Waals surface area contributed by atoms with Crippen LogP contribution in [0, 0.1) is 19.7 Å². The summed E-state index contributed by atoms with van der Waals surface area (Å²) in [7, 11) is 0. The van der Waals surface area contributed by atoms with Gasteiger partial charge in [0, 0.05) is 4.47 Å². The van der Waals surface area contributed by atoms with Crippen molar-refractivity contribution in [2.75, 3.05) is 0 Å². The molecule has 0 heterocycles. The molecule has 0 aliphatic rings. The fourth-order valence-electron chi connectivity index (χ4n) is 1.73. The van der Waals surface area contributed by atoms with E-state index in [4.69, 9.17) is 0 Å². The van der Waals surface area contributed by atoms with Crippen LogP contribution in [0.5, 0.6) is 0 Å². The molecule has 2 aromatic carbocycles. The van der Waals surface area contributed by atoms with Crippen LogP contribution in [-0.4, -0.2) is 0 Å². The maximum atomic E-state index is 12.8. The molecular weight excluding hydrogens is 267 g/mol. The van der Waals surface area contributed by atoms with Crippen LogP contribution in [-0.2, 0) is 0 Å². The molecule has 2 heteroatoms. The molecule has 0 unspecified atom stereocenters. The summed E-state index contributed by atoms with van der Waals surface area (Å²) in [6, 6.07) is 10.7. The molecule has 0 N–H and O–H groups in total. The van der Waals surface area contributed by atoms with Gasteiger partial charge in [-0.3, -0.25) is 0 Å². The lowest BCUT2D eigenvalue weighted by atomic mass is 9.97. The molecule has 0 aliphatic carbocycles. The molecule has 0 radical (unpaired) electrons. The Morgan fingerprint density at radius 3 is 2.12 bits per heavy atom. The molecule has 0 fully saturated rings. The topological polar surface area (TPSA) is 0 Å². The van der Waals surface area contributed by atoms with Crippen molar-refractivity contribution in [1.82, 2.24) is 0 Å². The Kier molecular flexibility index (Phi) is 3.10. The second-order valence-corrected chi connectivity index (χ2v) is 4.71. The number of rotatable bonds is 1. The third kappa shape index (κ3) is 2.03. The van der Waals surface area contributed by atoms with Crippen LogP contribution < -0.4 is 0 Å². The Labute approximate surface area is 103 Å². The van der Waals surface area contributed by atoms with Crippen LogP contribution >= 0.6 is 15.9 Å². The van der Waals surface area contributed by atoms with E-state index in [1.807, 2.05) is 18.2 Å². The maximum Gasteiger partial charge on any atom is 0.123 e. The van der Waals surface area contributed by atoms with Gasteiger partial charge >= 0.3 is 0 Å². The van der Waals surface area contributed by atoms with Crippen LogP contribution in [0.4, 0.5) is 4.39 Å². The van der Waals surface area contributed by atoms with Crippen molar-refractivity contribution >= 4 is 15.9 Å². The average molecular weight is 279 g/mol. The highest BCUT2D eigenvalue weighted by molar-refractivity contribution is 9.10. The van der Waals surface area contributed by atoms with Gasteiger partial charge in [0.25, 0.3) is 0 Å². The first-order valence-electron chi connectivity index (χ1n) is 5.11. The number of hydrogen-bond donors (Lipinski definition) is 0. The zero-order chi connectivity index (χ0) is 11.7. The lowest BCUT2D eigenvalue weighted by Gasteiger charge is -2.10. The van der Waals surface area contributed by atoms with Crippen molar-refractivity contribution < 1.29 is 4.39 Å². The zero-order valence-corrected chi connectivity index (χ0v) is 10.8. The van der Waals surface area contributed by atoms with Crippen molar-refractivity contribution in [1.29, 1.82) is 0 Å². The van der Waals surface area contributed by atoms with Crippen molar-refractivity contribution in [3.05, 3.63) is 57.8 Å². The van der Waals surface area contributed by atoms with Gasteiger partial charge in [-0.15, -0.1) is 0 Å². The second-order valence-electron chi connectivity index (χ2n) is 3.85. The van der Waals surface area contributed by atoms with E-state index in [9.17, 15) is 4.39 Å². The highest BCUT2D eigenvalue weighted by Gasteiger charge is 2.06. The number of halogens is 2. The summed E-state index contributed by atoms with van der Waals surface area (Å²) in [5, 5.41) is 0. The van der Waals surface area contributed by atoms with E-state index in [0.717, 1.165) is 15.6 Å². The molecule has 0 saturated carbocycles. The normalized spacial score (nSPS) is 10.5. The molecule has 0 bridgehead atoms. The van der Waals surface area contributed by atoms with E-state index in [1.165, 1.54) is 23.3 Å². The van der Waals surface area contributed by atoms with Crippen molar-refractivity contribution in [3.8, 4) is 11.1 Å². The van der Waals surface area contributed by atoms with Gasteiger partial charge in [0.2, 0.25) is 0 Å². The highest BCUT2D eigenvalue weighted by Crippen LogP contribution is 2.29. The van der Waals surface area contributed by atoms with Gasteiger partial charge in [-0.1, -0.05) is 34.1 Å². The molecule has 0 nitrogen and oxygen atoms in total. The quantitative estimate of drug-likeness (QED) is 0.698. The van der Waals surface area contributed by atoms with Gasteiger partial charge in [-0.25, -0.2) is 4.39 Å². The standard InChI is InChI=1S/C14H12BrF/c1-9-10(2)14(15)8-7-13(9)11-3-5-12(16)6-4-11/h3-8H,1-2H3. The minimum absolute atomic E-state index is 0.199. The monoisotopic (exact) mass is 278 g/mol. The van der Waals surface area contributed by atoms with Gasteiger partial charge in [0.15, 0.2) is 0 Å². The van der Waals surface area contributed by atoms with E-state index < -0.39 is 0 Å². The Morgan fingerprint density at radius 1 is 0.875 bits per heavy atom. The number of benzene rings is 2. The number of hydrogen-bond acceptors (Lipinski definition) is 0. The molecular formula is C14H12BrF. The predicted molar refractivity (Wildman–Crippen MR) is 69.0 cm³/mol. The smallest absolute Gasteiger partial charge is 0.123 e. The van der Waals surface area contributed by atoms with Gasteiger partial charge < -0.3 is 0 Å². The van der Waals surface area contributed by atoms with Crippen LogP contribution in [0.15, 0.2) is 40.9 Å². The Hall–Kier alpha value is -1.15. The van der Waals surface area contributed by atoms with Gasteiger partial charge in [0.1, 0.15) is 5.82 Å². The molecule has 82 valence electrons.